The summed E-state index contributed by atoms with van der Waals surface area (Å²) < 4.78 is 22.8. The summed E-state index contributed by atoms with van der Waals surface area (Å²) in [5, 5.41) is 9.35. The smallest absolute Gasteiger partial charge is 0.196 e. The van der Waals surface area contributed by atoms with Gasteiger partial charge in [0.2, 0.25) is 0 Å². The number of aryl methyl sites for hydroxylation is 1. The standard InChI is InChI=1S/C24H32FN5O2S/c1-15-12-21(17(3)29(15)16(2)13-32-7)22(31)14-33-24-27-26-23(18(4)28(5)6)30(24)20-10-8-19(25)9-11-20/h8-12,16,18H,13-14H2,1-7H3/t16-,18-/m0/s1. The van der Waals surface area contributed by atoms with Gasteiger partial charge in [0.05, 0.1) is 24.4 Å². The first-order valence-corrected chi connectivity index (χ1v) is 11.8. The zero-order valence-corrected chi connectivity index (χ0v) is 21.1. The molecule has 0 aliphatic heterocycles. The van der Waals surface area contributed by atoms with Crippen LogP contribution in [0.5, 0.6) is 0 Å². The Bertz CT molecular complexity index is 1110. The van der Waals surface area contributed by atoms with Crippen LogP contribution in [0.2, 0.25) is 0 Å². The van der Waals surface area contributed by atoms with Crippen molar-refractivity contribution in [2.75, 3.05) is 33.6 Å². The highest BCUT2D eigenvalue weighted by Gasteiger charge is 2.23. The van der Waals surface area contributed by atoms with Crippen molar-refractivity contribution in [3.05, 3.63) is 58.9 Å². The maximum absolute atomic E-state index is 13.5. The van der Waals surface area contributed by atoms with E-state index in [1.807, 2.05) is 50.4 Å². The van der Waals surface area contributed by atoms with Crippen molar-refractivity contribution in [3.8, 4) is 5.69 Å². The Balaban J connectivity index is 1.88. The molecule has 0 amide bonds. The monoisotopic (exact) mass is 473 g/mol. The maximum Gasteiger partial charge on any atom is 0.196 e. The third kappa shape index (κ3) is 5.37. The van der Waals surface area contributed by atoms with Gasteiger partial charge in [-0.1, -0.05) is 11.8 Å². The maximum atomic E-state index is 13.5. The average Bonchev–Trinajstić information content (AvgIpc) is 3.32. The van der Waals surface area contributed by atoms with Gasteiger partial charge in [-0.15, -0.1) is 10.2 Å². The van der Waals surface area contributed by atoms with E-state index in [1.54, 1.807) is 19.2 Å². The largest absolute Gasteiger partial charge is 0.383 e. The number of hydrogen-bond donors (Lipinski definition) is 0. The third-order valence-corrected chi connectivity index (χ3v) is 6.79. The van der Waals surface area contributed by atoms with E-state index >= 15 is 0 Å². The van der Waals surface area contributed by atoms with E-state index in [1.165, 1.54) is 23.9 Å². The molecule has 0 radical (unpaired) electrons. The molecule has 33 heavy (non-hydrogen) atoms. The van der Waals surface area contributed by atoms with Crippen molar-refractivity contribution in [1.82, 2.24) is 24.2 Å². The number of methoxy groups -OCH3 is 1. The van der Waals surface area contributed by atoms with Gasteiger partial charge in [0.1, 0.15) is 5.82 Å². The summed E-state index contributed by atoms with van der Waals surface area (Å²) in [6, 6.07) is 8.27. The molecule has 2 heterocycles. The number of nitrogens with zero attached hydrogens (tertiary/aromatic N) is 5. The fraction of sp³-hybridized carbons (Fsp3) is 0.458. The highest BCUT2D eigenvalue weighted by molar-refractivity contribution is 7.99. The topological polar surface area (TPSA) is 65.2 Å². The SMILES string of the molecule is COC[C@H](C)n1c(C)cc(C(=O)CSc2nnc([C@H](C)N(C)C)n2-c2ccc(F)cc2)c1C. The van der Waals surface area contributed by atoms with Crippen molar-refractivity contribution < 1.29 is 13.9 Å². The normalized spacial score (nSPS) is 13.5. The van der Waals surface area contributed by atoms with Gasteiger partial charge in [-0.25, -0.2) is 4.39 Å². The molecule has 0 spiro atoms. The molecule has 7 nitrogen and oxygen atoms in total. The highest BCUT2D eigenvalue weighted by Crippen LogP contribution is 2.28. The molecule has 0 aliphatic carbocycles. The van der Waals surface area contributed by atoms with Crippen molar-refractivity contribution in [2.45, 2.75) is 44.9 Å². The van der Waals surface area contributed by atoms with E-state index in [4.69, 9.17) is 4.74 Å². The van der Waals surface area contributed by atoms with Gasteiger partial charge >= 0.3 is 0 Å². The van der Waals surface area contributed by atoms with E-state index in [-0.39, 0.29) is 29.4 Å². The number of carbonyl (C=O) groups is 1. The number of rotatable bonds is 10. The first-order valence-electron chi connectivity index (χ1n) is 10.9. The summed E-state index contributed by atoms with van der Waals surface area (Å²) in [6.45, 7) is 8.65. The average molecular weight is 474 g/mol. The molecule has 0 saturated carbocycles. The van der Waals surface area contributed by atoms with Crippen LogP contribution >= 0.6 is 11.8 Å². The summed E-state index contributed by atoms with van der Waals surface area (Å²) in [4.78, 5) is 15.2. The number of halogens is 1. The zero-order chi connectivity index (χ0) is 24.3. The fourth-order valence-electron chi connectivity index (χ4n) is 3.97. The lowest BCUT2D eigenvalue weighted by Crippen LogP contribution is -2.20. The molecule has 0 N–H and O–H groups in total. The molecule has 2 atom stereocenters. The molecule has 178 valence electrons. The number of hydrogen-bond acceptors (Lipinski definition) is 6. The molecule has 2 aromatic heterocycles. The molecule has 0 aliphatic rings. The number of benzene rings is 1. The lowest BCUT2D eigenvalue weighted by molar-refractivity contribution is 0.102. The highest BCUT2D eigenvalue weighted by atomic mass is 32.2. The van der Waals surface area contributed by atoms with Crippen LogP contribution in [0.4, 0.5) is 4.39 Å². The van der Waals surface area contributed by atoms with Crippen LogP contribution in [0.15, 0.2) is 35.5 Å². The van der Waals surface area contributed by atoms with E-state index in [0.717, 1.165) is 22.9 Å². The van der Waals surface area contributed by atoms with Gasteiger partial charge < -0.3 is 9.30 Å². The second kappa shape index (κ2) is 10.6. The van der Waals surface area contributed by atoms with Crippen LogP contribution in [-0.4, -0.2) is 63.6 Å². The van der Waals surface area contributed by atoms with Gasteiger partial charge in [0, 0.05) is 29.7 Å². The minimum Gasteiger partial charge on any atom is -0.383 e. The Hall–Kier alpha value is -2.49. The summed E-state index contributed by atoms with van der Waals surface area (Å²) in [5.41, 5.74) is 3.43. The summed E-state index contributed by atoms with van der Waals surface area (Å²) in [7, 11) is 5.60. The van der Waals surface area contributed by atoms with Gasteiger partial charge in [0.15, 0.2) is 16.8 Å². The fourth-order valence-corrected chi connectivity index (χ4v) is 4.81. The molecule has 0 bridgehead atoms. The predicted octanol–water partition coefficient (Wildman–Crippen LogP) is 4.63. The van der Waals surface area contributed by atoms with E-state index in [0.29, 0.717) is 17.3 Å². The predicted molar refractivity (Wildman–Crippen MR) is 129 cm³/mol. The van der Waals surface area contributed by atoms with E-state index < -0.39 is 0 Å². The first kappa shape index (κ1) is 25.1. The number of carbonyl (C=O) groups excluding carboxylic acids is 1. The van der Waals surface area contributed by atoms with Gasteiger partial charge in [0.25, 0.3) is 0 Å². The quantitative estimate of drug-likeness (QED) is 0.316. The molecular formula is C24H32FN5O2S. The number of ketones is 1. The zero-order valence-electron chi connectivity index (χ0n) is 20.3. The van der Waals surface area contributed by atoms with E-state index in [2.05, 4.69) is 21.7 Å². The molecule has 3 rings (SSSR count). The number of ether oxygens (including phenoxy) is 1. The molecule has 3 aromatic rings. The van der Waals surface area contributed by atoms with Crippen LogP contribution in [0, 0.1) is 19.7 Å². The van der Waals surface area contributed by atoms with Crippen LogP contribution in [0.1, 0.15) is 53.5 Å². The summed E-state index contributed by atoms with van der Waals surface area (Å²) >= 11 is 1.34. The Kier molecular flexibility index (Phi) is 8.10. The van der Waals surface area contributed by atoms with Crippen molar-refractivity contribution in [3.63, 3.8) is 0 Å². The molecule has 0 fully saturated rings. The van der Waals surface area contributed by atoms with Gasteiger partial charge in [-0.3, -0.25) is 14.3 Å². The van der Waals surface area contributed by atoms with Crippen LogP contribution in [0.25, 0.3) is 5.69 Å². The van der Waals surface area contributed by atoms with Crippen molar-refractivity contribution >= 4 is 17.5 Å². The minimum atomic E-state index is -0.309. The van der Waals surface area contributed by atoms with Crippen LogP contribution in [0.3, 0.4) is 0 Å². The Morgan fingerprint density at radius 2 is 1.85 bits per heavy atom. The molecule has 0 unspecified atom stereocenters. The lowest BCUT2D eigenvalue weighted by Gasteiger charge is -2.20. The number of Topliss-reactive ketones (excluding diaryl/α,β-unsaturated/α-hetero) is 1. The van der Waals surface area contributed by atoms with Crippen molar-refractivity contribution in [2.24, 2.45) is 0 Å². The van der Waals surface area contributed by atoms with Crippen LogP contribution in [-0.2, 0) is 4.74 Å². The minimum absolute atomic E-state index is 0.0196. The summed E-state index contributed by atoms with van der Waals surface area (Å²) in [5.74, 6) is 0.669. The van der Waals surface area contributed by atoms with Crippen LogP contribution < -0.4 is 0 Å². The summed E-state index contributed by atoms with van der Waals surface area (Å²) in [6.07, 6.45) is 0. The van der Waals surface area contributed by atoms with Gasteiger partial charge in [-0.05, 0) is 72.1 Å². The first-order chi connectivity index (χ1) is 15.6. The second-order valence-corrected chi connectivity index (χ2v) is 9.41. The van der Waals surface area contributed by atoms with E-state index in [9.17, 15) is 9.18 Å². The molecule has 9 heteroatoms. The van der Waals surface area contributed by atoms with Gasteiger partial charge in [-0.2, -0.15) is 0 Å². The molecule has 1 aromatic carbocycles. The third-order valence-electron chi connectivity index (χ3n) is 5.86. The second-order valence-electron chi connectivity index (χ2n) is 8.46. The Morgan fingerprint density at radius 1 is 1.18 bits per heavy atom. The Labute approximate surface area is 198 Å². The number of aromatic nitrogens is 4. The number of thioether (sulfide) groups is 1. The van der Waals surface area contributed by atoms with Crippen molar-refractivity contribution in [1.29, 1.82) is 0 Å². The molecular weight excluding hydrogens is 441 g/mol. The molecule has 0 saturated heterocycles. The lowest BCUT2D eigenvalue weighted by atomic mass is 10.2. The Morgan fingerprint density at radius 3 is 2.45 bits per heavy atom.